The van der Waals surface area contributed by atoms with E-state index < -0.39 is 0 Å². The van der Waals surface area contributed by atoms with E-state index in [4.69, 9.17) is 9.47 Å². The predicted octanol–water partition coefficient (Wildman–Crippen LogP) is 9.61. The maximum absolute atomic E-state index is 12.7. The number of hydrogen-bond acceptors (Lipinski definition) is 4. The van der Waals surface area contributed by atoms with Gasteiger partial charge in [-0.3, -0.25) is 0 Å². The Hall–Kier alpha value is -2.23. The quantitative estimate of drug-likeness (QED) is 0.181. The highest BCUT2D eigenvalue weighted by Gasteiger charge is 2.58. The van der Waals surface area contributed by atoms with E-state index in [-0.39, 0.29) is 17.8 Å². The molecule has 42 heavy (non-hydrogen) atoms. The molecule has 4 aliphatic rings. The molecular formula is C38H56O4. The van der Waals surface area contributed by atoms with E-state index in [9.17, 15) is 9.90 Å². The number of esters is 1. The molecule has 1 aromatic rings. The zero-order chi connectivity index (χ0) is 30.2. The molecule has 0 radical (unpaired) electrons. The molecule has 0 aliphatic heterocycles. The molecule has 3 saturated carbocycles. The second kappa shape index (κ2) is 12.4. The smallest absolute Gasteiger partial charge is 0.331 e. The number of carbonyl (C=O) groups excluding carboxylic acids is 1. The van der Waals surface area contributed by atoms with Gasteiger partial charge in [0.1, 0.15) is 6.10 Å². The Labute approximate surface area is 255 Å². The maximum Gasteiger partial charge on any atom is 0.331 e. The number of carbonyl (C=O) groups is 1. The van der Waals surface area contributed by atoms with E-state index in [1.165, 1.54) is 51.7 Å². The summed E-state index contributed by atoms with van der Waals surface area (Å²) in [6.07, 6.45) is 18.3. The van der Waals surface area contributed by atoms with Crippen molar-refractivity contribution in [2.24, 2.45) is 52.3 Å². The highest BCUT2D eigenvalue weighted by Crippen LogP contribution is 2.67. The van der Waals surface area contributed by atoms with Crippen LogP contribution in [0.4, 0.5) is 0 Å². The third-order valence-corrected chi connectivity index (χ3v) is 12.9. The lowest BCUT2D eigenvalue weighted by atomic mass is 9.47. The van der Waals surface area contributed by atoms with Crippen LogP contribution >= 0.6 is 0 Å². The van der Waals surface area contributed by atoms with E-state index in [2.05, 4.69) is 47.6 Å². The molecule has 4 aliphatic carbocycles. The number of rotatable bonds is 9. The number of aromatic hydroxyl groups is 1. The molecule has 0 aromatic heterocycles. The van der Waals surface area contributed by atoms with Crippen molar-refractivity contribution >= 4 is 12.0 Å². The van der Waals surface area contributed by atoms with E-state index in [1.54, 1.807) is 24.3 Å². The van der Waals surface area contributed by atoms with Crippen LogP contribution in [0.3, 0.4) is 0 Å². The van der Waals surface area contributed by atoms with Crippen LogP contribution in [0.15, 0.2) is 35.9 Å². The molecule has 9 atom stereocenters. The van der Waals surface area contributed by atoms with E-state index >= 15 is 0 Å². The van der Waals surface area contributed by atoms with Gasteiger partial charge in [-0.25, -0.2) is 4.79 Å². The topological polar surface area (TPSA) is 55.8 Å². The Bertz CT molecular complexity index is 1180. The molecule has 4 nitrogen and oxygen atoms in total. The molecule has 3 fully saturated rings. The lowest BCUT2D eigenvalue weighted by Crippen LogP contribution is -2.50. The lowest BCUT2D eigenvalue weighted by molar-refractivity contribution is -0.148. The summed E-state index contributed by atoms with van der Waals surface area (Å²) < 4.78 is 11.2. The third kappa shape index (κ3) is 5.93. The van der Waals surface area contributed by atoms with E-state index in [1.807, 2.05) is 5.57 Å². The zero-order valence-corrected chi connectivity index (χ0v) is 27.3. The first-order chi connectivity index (χ1) is 20.0. The SMILES string of the molecule is COc1cc(/C=C/C(=O)O[C@H]2CC[C@@]3(C)C(CC=C4[C@@H]5CC[C@H]([C@H](C)CC[C@@H](C)C(C)C)[C@@]5(C)CC[C@@H]43)C2)ccc1O. The van der Waals surface area contributed by atoms with Crippen molar-refractivity contribution in [1.29, 1.82) is 0 Å². The van der Waals surface area contributed by atoms with Gasteiger partial charge < -0.3 is 14.6 Å². The highest BCUT2D eigenvalue weighted by molar-refractivity contribution is 5.87. The van der Waals surface area contributed by atoms with Gasteiger partial charge in [-0.05, 0) is 127 Å². The molecule has 0 spiro atoms. The minimum absolute atomic E-state index is 0.0108. The van der Waals surface area contributed by atoms with Crippen molar-refractivity contribution in [1.82, 2.24) is 0 Å². The Balaban J connectivity index is 1.21. The van der Waals surface area contributed by atoms with Crippen molar-refractivity contribution in [3.8, 4) is 11.5 Å². The van der Waals surface area contributed by atoms with Crippen LogP contribution in [0.25, 0.3) is 6.08 Å². The van der Waals surface area contributed by atoms with E-state index in [0.29, 0.717) is 28.4 Å². The van der Waals surface area contributed by atoms with Crippen LogP contribution in [0.1, 0.15) is 111 Å². The molecule has 0 heterocycles. The van der Waals surface area contributed by atoms with Gasteiger partial charge in [0.05, 0.1) is 7.11 Å². The van der Waals surface area contributed by atoms with Gasteiger partial charge in [0.2, 0.25) is 0 Å². The molecule has 1 N–H and O–H groups in total. The fourth-order valence-corrected chi connectivity index (χ4v) is 9.78. The molecule has 1 aromatic carbocycles. The number of hydrogen-bond donors (Lipinski definition) is 1. The molecular weight excluding hydrogens is 520 g/mol. The average Bonchev–Trinajstić information content (AvgIpc) is 3.32. The molecule has 4 heteroatoms. The third-order valence-electron chi connectivity index (χ3n) is 12.9. The number of ether oxygens (including phenoxy) is 2. The first-order valence-electron chi connectivity index (χ1n) is 16.9. The second-order valence-electron chi connectivity index (χ2n) is 15.3. The summed E-state index contributed by atoms with van der Waals surface area (Å²) in [6, 6.07) is 5.05. The summed E-state index contributed by atoms with van der Waals surface area (Å²) >= 11 is 0. The maximum atomic E-state index is 12.7. The molecule has 0 bridgehead atoms. The number of phenolic OH excluding ortho intramolecular Hbond substituents is 1. The van der Waals surface area contributed by atoms with Gasteiger partial charge in [-0.2, -0.15) is 0 Å². The minimum atomic E-state index is -0.287. The number of methoxy groups -OCH3 is 1. The van der Waals surface area contributed by atoms with Gasteiger partial charge in [0.25, 0.3) is 0 Å². The summed E-state index contributed by atoms with van der Waals surface area (Å²) in [5.74, 6) is 5.53. The van der Waals surface area contributed by atoms with Crippen LogP contribution in [0.2, 0.25) is 0 Å². The van der Waals surface area contributed by atoms with Gasteiger partial charge in [-0.15, -0.1) is 0 Å². The Morgan fingerprint density at radius 2 is 1.76 bits per heavy atom. The fraction of sp³-hybridized carbons (Fsp3) is 0.711. The van der Waals surface area contributed by atoms with Crippen LogP contribution in [0, 0.1) is 52.3 Å². The zero-order valence-electron chi connectivity index (χ0n) is 27.3. The Kier molecular flexibility index (Phi) is 9.22. The van der Waals surface area contributed by atoms with Crippen molar-refractivity contribution in [3.63, 3.8) is 0 Å². The Morgan fingerprint density at radius 1 is 1.02 bits per heavy atom. The summed E-state index contributed by atoms with van der Waals surface area (Å²) in [4.78, 5) is 12.7. The number of phenols is 1. The summed E-state index contributed by atoms with van der Waals surface area (Å²) in [7, 11) is 1.52. The summed E-state index contributed by atoms with van der Waals surface area (Å²) in [5.41, 5.74) is 3.40. The molecule has 1 unspecified atom stereocenters. The van der Waals surface area contributed by atoms with Gasteiger partial charge in [-0.1, -0.05) is 72.1 Å². The summed E-state index contributed by atoms with van der Waals surface area (Å²) in [5, 5.41) is 9.81. The standard InChI is InChI=1S/C38H56O4/c1-24(2)25(3)8-9-26(4)31-14-15-32-30-13-12-28-23-29(18-20-37(28,5)33(30)19-21-38(31,32)6)42-36(40)17-11-27-10-16-34(39)35(22-27)41-7/h10-11,13,16-17,22,24-26,28-29,31-33,39H,8-9,12,14-15,18-21,23H2,1-7H3/b17-11+/t25-,26-,28?,29+,31-,32+,33+,37+,38-/m1/s1. The monoisotopic (exact) mass is 576 g/mol. The molecule has 5 rings (SSSR count). The fourth-order valence-electron chi connectivity index (χ4n) is 9.78. The summed E-state index contributed by atoms with van der Waals surface area (Å²) in [6.45, 7) is 15.0. The van der Waals surface area contributed by atoms with Crippen molar-refractivity contribution in [3.05, 3.63) is 41.5 Å². The van der Waals surface area contributed by atoms with Gasteiger partial charge >= 0.3 is 5.97 Å². The van der Waals surface area contributed by atoms with Crippen LogP contribution in [0.5, 0.6) is 11.5 Å². The number of allylic oxidation sites excluding steroid dienone is 2. The van der Waals surface area contributed by atoms with E-state index in [0.717, 1.165) is 60.8 Å². The predicted molar refractivity (Wildman–Crippen MR) is 171 cm³/mol. The first kappa shape index (κ1) is 31.2. The second-order valence-corrected chi connectivity index (χ2v) is 15.3. The van der Waals surface area contributed by atoms with Gasteiger partial charge in [0.15, 0.2) is 11.5 Å². The molecule has 232 valence electrons. The largest absolute Gasteiger partial charge is 0.504 e. The van der Waals surface area contributed by atoms with Crippen LogP contribution in [-0.4, -0.2) is 24.3 Å². The molecule has 0 saturated heterocycles. The highest BCUT2D eigenvalue weighted by atomic mass is 16.5. The van der Waals surface area contributed by atoms with Crippen LogP contribution in [-0.2, 0) is 9.53 Å². The van der Waals surface area contributed by atoms with Crippen molar-refractivity contribution < 1.29 is 19.4 Å². The Morgan fingerprint density at radius 3 is 2.50 bits per heavy atom. The minimum Gasteiger partial charge on any atom is -0.504 e. The van der Waals surface area contributed by atoms with Crippen LogP contribution < -0.4 is 4.74 Å². The first-order valence-corrected chi connectivity index (χ1v) is 16.9. The van der Waals surface area contributed by atoms with Gasteiger partial charge in [0, 0.05) is 6.08 Å². The number of fused-ring (bicyclic) bond motifs is 5. The number of benzene rings is 1. The van der Waals surface area contributed by atoms with Crippen molar-refractivity contribution in [2.45, 2.75) is 112 Å². The van der Waals surface area contributed by atoms with Crippen molar-refractivity contribution in [2.75, 3.05) is 7.11 Å². The average molecular weight is 577 g/mol. The molecule has 0 amide bonds. The normalized spacial score (nSPS) is 35.6. The lowest BCUT2D eigenvalue weighted by Gasteiger charge is -2.58.